The van der Waals surface area contributed by atoms with Crippen LogP contribution in [-0.4, -0.2) is 42.2 Å². The molecule has 0 bridgehead atoms. The highest BCUT2D eigenvalue weighted by molar-refractivity contribution is 6.32. The number of amides is 3. The van der Waals surface area contributed by atoms with Crippen LogP contribution in [0.1, 0.15) is 17.2 Å². The molecule has 152 valence electrons. The molecule has 1 aliphatic rings. The summed E-state index contributed by atoms with van der Waals surface area (Å²) in [5.41, 5.74) is 2.48. The first-order chi connectivity index (χ1) is 13.9. The zero-order chi connectivity index (χ0) is 21.0. The molecular formula is C21H22ClN3O4. The van der Waals surface area contributed by atoms with Gasteiger partial charge >= 0.3 is 6.03 Å². The Bertz CT molecular complexity index is 946. The van der Waals surface area contributed by atoms with Gasteiger partial charge in [-0.25, -0.2) is 4.79 Å². The summed E-state index contributed by atoms with van der Waals surface area (Å²) in [5, 5.41) is 15.1. The fourth-order valence-electron chi connectivity index (χ4n) is 2.99. The molecule has 0 saturated heterocycles. The molecule has 2 aromatic rings. The van der Waals surface area contributed by atoms with Gasteiger partial charge in [-0.1, -0.05) is 41.9 Å². The summed E-state index contributed by atoms with van der Waals surface area (Å²) < 4.78 is 5.42. The van der Waals surface area contributed by atoms with Gasteiger partial charge in [0.15, 0.2) is 0 Å². The molecule has 3 N–H and O–H groups in total. The van der Waals surface area contributed by atoms with Crippen molar-refractivity contribution in [1.29, 1.82) is 0 Å². The van der Waals surface area contributed by atoms with Crippen LogP contribution in [0.2, 0.25) is 5.02 Å². The third-order valence-electron chi connectivity index (χ3n) is 4.50. The van der Waals surface area contributed by atoms with Gasteiger partial charge in [0.1, 0.15) is 12.4 Å². The Hall–Kier alpha value is -3.03. The highest BCUT2D eigenvalue weighted by atomic mass is 35.5. The molecule has 0 spiro atoms. The van der Waals surface area contributed by atoms with Crippen LogP contribution in [-0.2, 0) is 4.79 Å². The van der Waals surface area contributed by atoms with Crippen molar-refractivity contribution < 1.29 is 19.4 Å². The number of aliphatic hydroxyl groups is 1. The van der Waals surface area contributed by atoms with Gasteiger partial charge in [-0.05, 0) is 24.1 Å². The molecule has 8 heteroatoms. The van der Waals surface area contributed by atoms with Crippen molar-refractivity contribution in [2.75, 3.05) is 25.6 Å². The molecule has 29 heavy (non-hydrogen) atoms. The fraction of sp³-hybridized carbons (Fsp3) is 0.238. The van der Waals surface area contributed by atoms with E-state index in [1.807, 2.05) is 37.3 Å². The van der Waals surface area contributed by atoms with Crippen molar-refractivity contribution in [3.63, 3.8) is 0 Å². The van der Waals surface area contributed by atoms with E-state index in [2.05, 4.69) is 10.6 Å². The zero-order valence-electron chi connectivity index (χ0n) is 16.1. The topological polar surface area (TPSA) is 90.9 Å². The number of nitrogens with one attached hydrogen (secondary N) is 2. The maximum atomic E-state index is 13.1. The molecule has 0 aromatic heterocycles. The monoisotopic (exact) mass is 415 g/mol. The van der Waals surface area contributed by atoms with E-state index < -0.39 is 6.04 Å². The predicted octanol–water partition coefficient (Wildman–Crippen LogP) is 3.24. The Morgan fingerprint density at radius 3 is 2.72 bits per heavy atom. The minimum atomic E-state index is -0.572. The highest BCUT2D eigenvalue weighted by Gasteiger charge is 2.30. The number of anilines is 1. The second-order valence-corrected chi connectivity index (χ2v) is 7.02. The molecular weight excluding hydrogens is 394 g/mol. The average Bonchev–Trinajstić information content (AvgIpc) is 2.71. The summed E-state index contributed by atoms with van der Waals surface area (Å²) in [5.74, 6) is 0.00787. The summed E-state index contributed by atoms with van der Waals surface area (Å²) in [6.45, 7) is 1.76. The van der Waals surface area contributed by atoms with Gasteiger partial charge < -0.3 is 25.4 Å². The third-order valence-corrected chi connectivity index (χ3v) is 4.80. The first-order valence-electron chi connectivity index (χ1n) is 9.06. The number of ether oxygens (including phenoxy) is 1. The number of carbonyl (C=O) groups excluding carboxylic acids is 2. The first kappa shape index (κ1) is 20.7. The quantitative estimate of drug-likeness (QED) is 0.675. The number of carbonyl (C=O) groups is 2. The number of hydrogen-bond donors (Lipinski definition) is 3. The van der Waals surface area contributed by atoms with Gasteiger partial charge in [0.05, 0.1) is 23.2 Å². The Morgan fingerprint density at radius 1 is 1.31 bits per heavy atom. The lowest BCUT2D eigenvalue weighted by molar-refractivity contribution is -0.113. The van der Waals surface area contributed by atoms with Gasteiger partial charge in [0.25, 0.3) is 5.91 Å². The summed E-state index contributed by atoms with van der Waals surface area (Å²) in [7, 11) is 1.58. The van der Waals surface area contributed by atoms with Gasteiger partial charge in [-0.3, -0.25) is 4.79 Å². The van der Waals surface area contributed by atoms with Gasteiger partial charge in [-0.2, -0.15) is 0 Å². The second-order valence-electron chi connectivity index (χ2n) is 6.61. The van der Waals surface area contributed by atoms with Gasteiger partial charge in [0, 0.05) is 25.0 Å². The van der Waals surface area contributed by atoms with Crippen molar-refractivity contribution in [3.05, 3.63) is 70.4 Å². The van der Waals surface area contributed by atoms with Crippen molar-refractivity contribution in [2.45, 2.75) is 13.0 Å². The number of halogens is 1. The first-order valence-corrected chi connectivity index (χ1v) is 9.43. The van der Waals surface area contributed by atoms with Crippen LogP contribution in [0, 0.1) is 6.92 Å². The van der Waals surface area contributed by atoms with Crippen LogP contribution < -0.4 is 15.4 Å². The Kier molecular flexibility index (Phi) is 6.41. The molecule has 3 amide bonds. The van der Waals surface area contributed by atoms with E-state index in [0.29, 0.717) is 22.0 Å². The predicted molar refractivity (Wildman–Crippen MR) is 111 cm³/mol. The van der Waals surface area contributed by atoms with Crippen LogP contribution >= 0.6 is 11.6 Å². The molecule has 1 aliphatic heterocycles. The summed E-state index contributed by atoms with van der Waals surface area (Å²) >= 11 is 6.18. The minimum absolute atomic E-state index is 0.0915. The zero-order valence-corrected chi connectivity index (χ0v) is 16.9. The molecule has 1 atom stereocenters. The lowest BCUT2D eigenvalue weighted by atomic mass is 9.97. The van der Waals surface area contributed by atoms with E-state index in [1.165, 1.54) is 11.1 Å². The maximum Gasteiger partial charge on any atom is 0.321 e. The van der Waals surface area contributed by atoms with Crippen LogP contribution in [0.25, 0.3) is 0 Å². The molecule has 1 unspecified atom stereocenters. The normalized spacial score (nSPS) is 16.1. The molecule has 7 nitrogen and oxygen atoms in total. The van der Waals surface area contributed by atoms with E-state index in [9.17, 15) is 9.59 Å². The smallest absolute Gasteiger partial charge is 0.321 e. The van der Waals surface area contributed by atoms with E-state index in [4.69, 9.17) is 21.4 Å². The van der Waals surface area contributed by atoms with Crippen LogP contribution in [0.5, 0.6) is 5.75 Å². The largest absolute Gasteiger partial charge is 0.490 e. The SMILES string of the molecule is Cc1cc(Cl)c(OCCO)cc1NC(=O)C1=CN(C)C(=O)NC1c1ccccc1. The third kappa shape index (κ3) is 4.70. The summed E-state index contributed by atoms with van der Waals surface area (Å²) in [6.07, 6.45) is 1.53. The number of benzene rings is 2. The van der Waals surface area contributed by atoms with Gasteiger partial charge in [-0.15, -0.1) is 0 Å². The lowest BCUT2D eigenvalue weighted by Crippen LogP contribution is -2.44. The molecule has 0 saturated carbocycles. The lowest BCUT2D eigenvalue weighted by Gasteiger charge is -2.30. The van der Waals surface area contributed by atoms with Crippen molar-refractivity contribution in [3.8, 4) is 5.75 Å². The highest BCUT2D eigenvalue weighted by Crippen LogP contribution is 2.32. The van der Waals surface area contributed by atoms with Crippen LogP contribution in [0.15, 0.2) is 54.2 Å². The van der Waals surface area contributed by atoms with Crippen molar-refractivity contribution in [1.82, 2.24) is 10.2 Å². The van der Waals surface area contributed by atoms with E-state index in [0.717, 1.165) is 11.1 Å². The Morgan fingerprint density at radius 2 is 2.03 bits per heavy atom. The number of rotatable bonds is 6. The van der Waals surface area contributed by atoms with E-state index in [1.54, 1.807) is 19.2 Å². The molecule has 0 fully saturated rings. The number of aryl methyl sites for hydroxylation is 1. The summed E-state index contributed by atoms with van der Waals surface area (Å²) in [4.78, 5) is 26.6. The van der Waals surface area contributed by atoms with Crippen molar-refractivity contribution in [2.24, 2.45) is 0 Å². The van der Waals surface area contributed by atoms with Gasteiger partial charge in [0.2, 0.25) is 0 Å². The number of nitrogens with zero attached hydrogens (tertiary/aromatic N) is 1. The Labute approximate surface area is 173 Å². The number of hydrogen-bond acceptors (Lipinski definition) is 4. The number of aliphatic hydroxyl groups excluding tert-OH is 1. The number of urea groups is 1. The molecule has 2 aromatic carbocycles. The standard InChI is InChI=1S/C21H22ClN3O4/c1-13-10-16(22)18(29-9-8-26)11-17(13)23-20(27)15-12-25(2)21(28)24-19(15)14-6-4-3-5-7-14/h3-7,10-12,19,26H,8-9H2,1-2H3,(H,23,27)(H,24,28). The van der Waals surface area contributed by atoms with Crippen LogP contribution in [0.3, 0.4) is 0 Å². The molecule has 0 aliphatic carbocycles. The molecule has 1 heterocycles. The van der Waals surface area contributed by atoms with Crippen LogP contribution in [0.4, 0.5) is 10.5 Å². The van der Waals surface area contributed by atoms with E-state index >= 15 is 0 Å². The van der Waals surface area contributed by atoms with Crippen molar-refractivity contribution >= 4 is 29.2 Å². The average molecular weight is 416 g/mol. The minimum Gasteiger partial charge on any atom is -0.490 e. The van der Waals surface area contributed by atoms with E-state index in [-0.39, 0.29) is 25.2 Å². The fourth-order valence-corrected chi connectivity index (χ4v) is 3.26. The molecule has 0 radical (unpaired) electrons. The molecule has 3 rings (SSSR count). The summed E-state index contributed by atoms with van der Waals surface area (Å²) in [6, 6.07) is 11.7. The maximum absolute atomic E-state index is 13.1. The second kappa shape index (κ2) is 8.98. The Balaban J connectivity index is 1.90.